The average molecular weight is 367 g/mol. The lowest BCUT2D eigenvalue weighted by Gasteiger charge is -2.17. The van der Waals surface area contributed by atoms with Crippen molar-refractivity contribution >= 4 is 5.78 Å². The van der Waals surface area contributed by atoms with Gasteiger partial charge in [-0.1, -0.05) is 18.2 Å². The molecule has 0 amide bonds. The maximum atomic E-state index is 12.4. The van der Waals surface area contributed by atoms with Gasteiger partial charge in [0.15, 0.2) is 5.78 Å². The molecule has 2 aromatic carbocycles. The molecular weight excluding hydrogens is 338 g/mol. The van der Waals surface area contributed by atoms with E-state index in [4.69, 9.17) is 9.47 Å². The number of hydrogen-bond acceptors (Lipinski definition) is 4. The summed E-state index contributed by atoms with van der Waals surface area (Å²) < 4.78 is 10.9. The first-order chi connectivity index (χ1) is 13.2. The zero-order valence-corrected chi connectivity index (χ0v) is 16.4. The molecule has 2 aromatic rings. The maximum absolute atomic E-state index is 12.4. The molecule has 4 nitrogen and oxygen atoms in total. The fraction of sp³-hybridized carbons (Fsp3) is 0.435. The third-order valence-corrected chi connectivity index (χ3v) is 5.16. The second-order valence-corrected chi connectivity index (χ2v) is 7.17. The van der Waals surface area contributed by atoms with Crippen molar-refractivity contribution < 1.29 is 14.3 Å². The zero-order chi connectivity index (χ0) is 19.1. The number of unbranched alkanes of at least 4 members (excludes halogenated alkanes) is 1. The standard InChI is InChI=1S/C23H29NO3/c1-24(15-12-18-7-3-4-9-22(18)26-2)14-6-5-8-21(25)19-10-11-23-20(17-19)13-16-27-23/h3-4,7,9-11,17H,5-6,8,12-16H2,1-2H3. The van der Waals surface area contributed by atoms with Gasteiger partial charge in [0.2, 0.25) is 0 Å². The van der Waals surface area contributed by atoms with Crippen LogP contribution >= 0.6 is 0 Å². The van der Waals surface area contributed by atoms with Crippen molar-refractivity contribution in [2.75, 3.05) is 33.9 Å². The molecule has 0 N–H and O–H groups in total. The van der Waals surface area contributed by atoms with Crippen LogP contribution in [0.1, 0.15) is 40.7 Å². The van der Waals surface area contributed by atoms with Crippen molar-refractivity contribution in [2.24, 2.45) is 0 Å². The Hall–Kier alpha value is -2.33. The normalized spacial score (nSPS) is 12.7. The van der Waals surface area contributed by atoms with E-state index in [2.05, 4.69) is 24.1 Å². The Balaban J connectivity index is 1.36. The minimum atomic E-state index is 0.237. The molecule has 0 unspecified atom stereocenters. The first-order valence-corrected chi connectivity index (χ1v) is 9.77. The number of methoxy groups -OCH3 is 1. The van der Waals surface area contributed by atoms with Gasteiger partial charge in [-0.15, -0.1) is 0 Å². The molecule has 0 atom stereocenters. The van der Waals surface area contributed by atoms with Crippen molar-refractivity contribution in [1.82, 2.24) is 4.90 Å². The number of rotatable bonds is 10. The van der Waals surface area contributed by atoms with E-state index in [9.17, 15) is 4.79 Å². The average Bonchev–Trinajstić information content (AvgIpc) is 3.17. The molecule has 0 radical (unpaired) electrons. The second kappa shape index (κ2) is 9.56. The van der Waals surface area contributed by atoms with Crippen LogP contribution < -0.4 is 9.47 Å². The van der Waals surface area contributed by atoms with Crippen molar-refractivity contribution in [3.05, 3.63) is 59.2 Å². The fourth-order valence-corrected chi connectivity index (χ4v) is 3.50. The summed E-state index contributed by atoms with van der Waals surface area (Å²) in [6, 6.07) is 14.0. The summed E-state index contributed by atoms with van der Waals surface area (Å²) in [7, 11) is 3.85. The molecule has 1 aliphatic heterocycles. The SMILES string of the molecule is COc1ccccc1CCN(C)CCCCC(=O)c1ccc2c(c1)CCO2. The molecule has 0 saturated heterocycles. The van der Waals surface area contributed by atoms with Gasteiger partial charge in [0.25, 0.3) is 0 Å². The molecule has 0 fully saturated rings. The molecule has 0 saturated carbocycles. The van der Waals surface area contributed by atoms with E-state index < -0.39 is 0 Å². The summed E-state index contributed by atoms with van der Waals surface area (Å²) in [6.07, 6.45) is 4.44. The van der Waals surface area contributed by atoms with E-state index in [0.717, 1.165) is 68.0 Å². The first-order valence-electron chi connectivity index (χ1n) is 9.77. The molecule has 4 heteroatoms. The fourth-order valence-electron chi connectivity index (χ4n) is 3.50. The number of para-hydroxylation sites is 1. The van der Waals surface area contributed by atoms with E-state index in [-0.39, 0.29) is 5.78 Å². The number of benzene rings is 2. The second-order valence-electron chi connectivity index (χ2n) is 7.17. The van der Waals surface area contributed by atoms with Crippen LogP contribution in [0.3, 0.4) is 0 Å². The van der Waals surface area contributed by atoms with Gasteiger partial charge in [0.1, 0.15) is 11.5 Å². The Kier molecular flexibility index (Phi) is 6.88. The number of carbonyl (C=O) groups is 1. The number of ether oxygens (including phenoxy) is 2. The molecule has 1 heterocycles. The summed E-state index contributed by atoms with van der Waals surface area (Å²) in [5, 5.41) is 0. The highest BCUT2D eigenvalue weighted by Gasteiger charge is 2.15. The molecule has 0 aliphatic carbocycles. The van der Waals surface area contributed by atoms with Crippen molar-refractivity contribution in [1.29, 1.82) is 0 Å². The largest absolute Gasteiger partial charge is 0.496 e. The van der Waals surface area contributed by atoms with E-state index in [1.807, 2.05) is 30.3 Å². The van der Waals surface area contributed by atoms with Gasteiger partial charge < -0.3 is 14.4 Å². The summed E-state index contributed by atoms with van der Waals surface area (Å²) >= 11 is 0. The Bertz CT molecular complexity index is 772. The van der Waals surface area contributed by atoms with Crippen LogP contribution in [0.5, 0.6) is 11.5 Å². The van der Waals surface area contributed by atoms with Crippen molar-refractivity contribution in [2.45, 2.75) is 32.1 Å². The topological polar surface area (TPSA) is 38.8 Å². The number of likely N-dealkylation sites (N-methyl/N-ethyl adjacent to an activating group) is 1. The molecule has 1 aliphatic rings. The van der Waals surface area contributed by atoms with E-state index in [1.54, 1.807) is 7.11 Å². The van der Waals surface area contributed by atoms with Crippen LogP contribution in [0.15, 0.2) is 42.5 Å². The highest BCUT2D eigenvalue weighted by molar-refractivity contribution is 5.96. The van der Waals surface area contributed by atoms with Crippen molar-refractivity contribution in [3.8, 4) is 11.5 Å². The molecule has 27 heavy (non-hydrogen) atoms. The van der Waals surface area contributed by atoms with Gasteiger partial charge in [0.05, 0.1) is 13.7 Å². The Morgan fingerprint density at radius 1 is 1.15 bits per heavy atom. The van der Waals surface area contributed by atoms with Gasteiger partial charge in [-0.3, -0.25) is 4.79 Å². The van der Waals surface area contributed by atoms with Gasteiger partial charge in [-0.05, 0) is 68.2 Å². The number of carbonyl (C=O) groups excluding carboxylic acids is 1. The van der Waals surface area contributed by atoms with Crippen LogP contribution in [0.4, 0.5) is 0 Å². The summed E-state index contributed by atoms with van der Waals surface area (Å²) in [4.78, 5) is 14.7. The van der Waals surface area contributed by atoms with Gasteiger partial charge in [0, 0.05) is 24.9 Å². The summed E-state index contributed by atoms with van der Waals surface area (Å²) in [5.74, 6) is 2.13. The zero-order valence-electron chi connectivity index (χ0n) is 16.4. The highest BCUT2D eigenvalue weighted by Crippen LogP contribution is 2.26. The molecule has 0 spiro atoms. The van der Waals surface area contributed by atoms with Crippen LogP contribution in [-0.2, 0) is 12.8 Å². The summed E-state index contributed by atoms with van der Waals surface area (Å²) in [5.41, 5.74) is 3.23. The number of nitrogens with zero attached hydrogens (tertiary/aromatic N) is 1. The lowest BCUT2D eigenvalue weighted by atomic mass is 10.0. The van der Waals surface area contributed by atoms with Crippen LogP contribution in [0, 0.1) is 0 Å². The minimum Gasteiger partial charge on any atom is -0.496 e. The predicted octanol–water partition coefficient (Wildman–Crippen LogP) is 4.16. The monoisotopic (exact) mass is 367 g/mol. The van der Waals surface area contributed by atoms with E-state index >= 15 is 0 Å². The smallest absolute Gasteiger partial charge is 0.162 e. The lowest BCUT2D eigenvalue weighted by Crippen LogP contribution is -2.22. The molecule has 0 bridgehead atoms. The van der Waals surface area contributed by atoms with Crippen LogP contribution in [0.2, 0.25) is 0 Å². The molecular formula is C23H29NO3. The van der Waals surface area contributed by atoms with E-state index in [1.165, 1.54) is 5.56 Å². The van der Waals surface area contributed by atoms with Crippen LogP contribution in [0.25, 0.3) is 0 Å². The minimum absolute atomic E-state index is 0.237. The maximum Gasteiger partial charge on any atom is 0.162 e. The quantitative estimate of drug-likeness (QED) is 0.467. The Morgan fingerprint density at radius 3 is 2.85 bits per heavy atom. The first kappa shape index (κ1) is 19.4. The molecule has 144 valence electrons. The van der Waals surface area contributed by atoms with Gasteiger partial charge in [-0.2, -0.15) is 0 Å². The molecule has 0 aromatic heterocycles. The van der Waals surface area contributed by atoms with Crippen LogP contribution in [-0.4, -0.2) is 44.5 Å². The van der Waals surface area contributed by atoms with E-state index in [0.29, 0.717) is 6.42 Å². The molecule has 3 rings (SSSR count). The highest BCUT2D eigenvalue weighted by atomic mass is 16.5. The Morgan fingerprint density at radius 2 is 2.00 bits per heavy atom. The third-order valence-electron chi connectivity index (χ3n) is 5.16. The third kappa shape index (κ3) is 5.33. The lowest BCUT2D eigenvalue weighted by molar-refractivity contribution is 0.0978. The number of ketones is 1. The predicted molar refractivity (Wildman–Crippen MR) is 108 cm³/mol. The number of hydrogen-bond donors (Lipinski definition) is 0. The number of Topliss-reactive ketones (excluding diaryl/α,β-unsaturated/α-hetero) is 1. The van der Waals surface area contributed by atoms with Crippen molar-refractivity contribution in [3.63, 3.8) is 0 Å². The Labute approximate surface area is 162 Å². The summed E-state index contributed by atoms with van der Waals surface area (Å²) in [6.45, 7) is 2.72. The number of fused-ring (bicyclic) bond motifs is 1. The van der Waals surface area contributed by atoms with Gasteiger partial charge in [-0.25, -0.2) is 0 Å². The van der Waals surface area contributed by atoms with Gasteiger partial charge >= 0.3 is 0 Å².